The van der Waals surface area contributed by atoms with Gasteiger partial charge in [-0.05, 0) is 18.1 Å². The Labute approximate surface area is 160 Å². The van der Waals surface area contributed by atoms with Crippen LogP contribution in [0.1, 0.15) is 11.1 Å². The van der Waals surface area contributed by atoms with Crippen molar-refractivity contribution in [3.05, 3.63) is 47.8 Å². The summed E-state index contributed by atoms with van der Waals surface area (Å²) in [5.74, 6) is 2.33. The molecule has 1 fully saturated rings. The number of halogens is 1. The Balaban J connectivity index is 0.00000196. The number of nitrogens with one attached hydrogen (secondary N) is 1. The lowest BCUT2D eigenvalue weighted by molar-refractivity contribution is 0.122. The number of ether oxygens (including phenoxy) is 2. The lowest BCUT2D eigenvalue weighted by Crippen LogP contribution is -2.37. The molecule has 0 spiro atoms. The van der Waals surface area contributed by atoms with Crippen molar-refractivity contribution >= 4 is 18.4 Å². The smallest absolute Gasteiger partial charge is 0.225 e. The van der Waals surface area contributed by atoms with Gasteiger partial charge in [0.15, 0.2) is 0 Å². The van der Waals surface area contributed by atoms with Gasteiger partial charge in [0.2, 0.25) is 5.95 Å². The highest BCUT2D eigenvalue weighted by molar-refractivity contribution is 5.85. The number of nitrogens with zero attached hydrogens (tertiary/aromatic N) is 3. The van der Waals surface area contributed by atoms with E-state index in [-0.39, 0.29) is 12.4 Å². The van der Waals surface area contributed by atoms with Crippen molar-refractivity contribution in [1.82, 2.24) is 15.3 Å². The monoisotopic (exact) mass is 376 g/mol. The van der Waals surface area contributed by atoms with E-state index < -0.39 is 0 Å². The molecule has 1 saturated heterocycles. The van der Waals surface area contributed by atoms with Gasteiger partial charge in [-0.1, -0.05) is 18.2 Å². The summed E-state index contributed by atoms with van der Waals surface area (Å²) in [5.41, 5.74) is 2.41. The van der Waals surface area contributed by atoms with Crippen LogP contribution in [0.25, 0.3) is 0 Å². The molecule has 7 heteroatoms. The minimum atomic E-state index is 0. The number of fused-ring (bicyclic) bond motifs is 1. The van der Waals surface area contributed by atoms with E-state index >= 15 is 0 Å². The first-order valence-corrected chi connectivity index (χ1v) is 8.93. The molecular weight excluding hydrogens is 352 g/mol. The molecule has 140 valence electrons. The highest BCUT2D eigenvalue weighted by Crippen LogP contribution is 2.26. The van der Waals surface area contributed by atoms with Crippen LogP contribution in [0.4, 0.5) is 5.95 Å². The Morgan fingerprint density at radius 3 is 2.69 bits per heavy atom. The van der Waals surface area contributed by atoms with Crippen LogP contribution in [0.3, 0.4) is 0 Å². The maximum Gasteiger partial charge on any atom is 0.225 e. The maximum absolute atomic E-state index is 5.84. The van der Waals surface area contributed by atoms with Crippen molar-refractivity contribution in [2.24, 2.45) is 5.92 Å². The van der Waals surface area contributed by atoms with Gasteiger partial charge in [0.05, 0.1) is 19.8 Å². The van der Waals surface area contributed by atoms with Crippen molar-refractivity contribution in [3.63, 3.8) is 0 Å². The van der Waals surface area contributed by atoms with Crippen LogP contribution in [0, 0.1) is 5.92 Å². The minimum absolute atomic E-state index is 0. The van der Waals surface area contributed by atoms with Crippen LogP contribution in [-0.4, -0.2) is 49.4 Å². The van der Waals surface area contributed by atoms with Gasteiger partial charge in [0.1, 0.15) is 5.75 Å². The second-order valence-electron chi connectivity index (χ2n) is 6.61. The summed E-state index contributed by atoms with van der Waals surface area (Å²) in [5, 5.41) is 3.51. The Bertz CT molecular complexity index is 692. The van der Waals surface area contributed by atoms with E-state index in [9.17, 15) is 0 Å². The average molecular weight is 377 g/mol. The van der Waals surface area contributed by atoms with E-state index in [0.29, 0.717) is 5.92 Å². The molecule has 0 amide bonds. The number of hydrogen-bond acceptors (Lipinski definition) is 6. The van der Waals surface area contributed by atoms with Gasteiger partial charge in [-0.3, -0.25) is 0 Å². The Kier molecular flexibility index (Phi) is 6.66. The molecule has 6 nitrogen and oxygen atoms in total. The summed E-state index contributed by atoms with van der Waals surface area (Å²) in [6.45, 7) is 5.71. The molecule has 3 heterocycles. The Morgan fingerprint density at radius 1 is 1.12 bits per heavy atom. The molecule has 0 radical (unpaired) electrons. The summed E-state index contributed by atoms with van der Waals surface area (Å²) in [7, 11) is 0. The fourth-order valence-electron chi connectivity index (χ4n) is 3.31. The van der Waals surface area contributed by atoms with E-state index in [2.05, 4.69) is 32.3 Å². The Hall–Kier alpha value is -1.89. The van der Waals surface area contributed by atoms with Crippen molar-refractivity contribution in [3.8, 4) is 5.75 Å². The lowest BCUT2D eigenvalue weighted by Gasteiger charge is -2.26. The van der Waals surface area contributed by atoms with Crippen LogP contribution in [0.15, 0.2) is 36.7 Å². The SMILES string of the molecule is Cl.c1ccc2c(c1)CC(CNCc1cnc(N3CCOCC3)nc1)CO2. The van der Waals surface area contributed by atoms with Gasteiger partial charge >= 0.3 is 0 Å². The first-order chi connectivity index (χ1) is 12.4. The van der Waals surface area contributed by atoms with Gasteiger partial charge in [-0.25, -0.2) is 9.97 Å². The predicted molar refractivity (Wildman–Crippen MR) is 103 cm³/mol. The third-order valence-corrected chi connectivity index (χ3v) is 4.70. The van der Waals surface area contributed by atoms with Gasteiger partial charge in [-0.15, -0.1) is 12.4 Å². The first-order valence-electron chi connectivity index (χ1n) is 8.93. The number of rotatable bonds is 5. The van der Waals surface area contributed by atoms with Gasteiger partial charge in [-0.2, -0.15) is 0 Å². The van der Waals surface area contributed by atoms with Crippen molar-refractivity contribution in [2.45, 2.75) is 13.0 Å². The van der Waals surface area contributed by atoms with E-state index in [4.69, 9.17) is 9.47 Å². The molecule has 2 aliphatic rings. The van der Waals surface area contributed by atoms with Gasteiger partial charge in [0, 0.05) is 50.1 Å². The standard InChI is InChI=1S/C19H24N4O2.ClH/c1-2-4-18-17(3-1)9-15(14-25-18)10-20-11-16-12-21-19(22-13-16)23-5-7-24-8-6-23;/h1-4,12-13,15,20H,5-11,14H2;1H. The number of benzene rings is 1. The van der Waals surface area contributed by atoms with E-state index in [1.54, 1.807) is 0 Å². The zero-order chi connectivity index (χ0) is 16.9. The molecule has 1 aromatic carbocycles. The average Bonchev–Trinajstić information content (AvgIpc) is 2.69. The molecular formula is C19H25ClN4O2. The van der Waals surface area contributed by atoms with Crippen molar-refractivity contribution in [2.75, 3.05) is 44.4 Å². The zero-order valence-corrected chi connectivity index (χ0v) is 15.6. The number of para-hydroxylation sites is 1. The molecule has 4 rings (SSSR count). The third-order valence-electron chi connectivity index (χ3n) is 4.70. The summed E-state index contributed by atoms with van der Waals surface area (Å²) >= 11 is 0. The summed E-state index contributed by atoms with van der Waals surface area (Å²) in [4.78, 5) is 11.1. The van der Waals surface area contributed by atoms with Crippen molar-refractivity contribution in [1.29, 1.82) is 0 Å². The highest BCUT2D eigenvalue weighted by Gasteiger charge is 2.19. The molecule has 1 atom stereocenters. The highest BCUT2D eigenvalue weighted by atomic mass is 35.5. The summed E-state index contributed by atoms with van der Waals surface area (Å²) < 4.78 is 11.2. The molecule has 1 N–H and O–H groups in total. The summed E-state index contributed by atoms with van der Waals surface area (Å²) in [6.07, 6.45) is 4.89. The molecule has 26 heavy (non-hydrogen) atoms. The molecule has 2 aromatic rings. The number of aromatic nitrogens is 2. The first kappa shape index (κ1) is 18.9. The third kappa shape index (κ3) is 4.63. The van der Waals surface area contributed by atoms with Gasteiger partial charge in [0.25, 0.3) is 0 Å². The fourth-order valence-corrected chi connectivity index (χ4v) is 3.31. The number of morpholine rings is 1. The number of anilines is 1. The minimum Gasteiger partial charge on any atom is -0.493 e. The van der Waals surface area contributed by atoms with Gasteiger partial charge < -0.3 is 19.7 Å². The second kappa shape index (κ2) is 9.16. The van der Waals surface area contributed by atoms with E-state index in [1.165, 1.54) is 5.56 Å². The Morgan fingerprint density at radius 2 is 1.88 bits per heavy atom. The predicted octanol–water partition coefficient (Wildman–Crippen LogP) is 2.08. The second-order valence-corrected chi connectivity index (χ2v) is 6.61. The van der Waals surface area contributed by atoms with Crippen LogP contribution >= 0.6 is 12.4 Å². The maximum atomic E-state index is 5.84. The normalized spacial score (nSPS) is 19.2. The van der Waals surface area contributed by atoms with Crippen LogP contribution in [-0.2, 0) is 17.7 Å². The largest absolute Gasteiger partial charge is 0.493 e. The fraction of sp³-hybridized carbons (Fsp3) is 0.474. The van der Waals surface area contributed by atoms with Crippen LogP contribution < -0.4 is 15.0 Å². The number of hydrogen-bond donors (Lipinski definition) is 1. The molecule has 0 saturated carbocycles. The molecule has 0 bridgehead atoms. The molecule has 1 aromatic heterocycles. The molecule has 0 aliphatic carbocycles. The van der Waals surface area contributed by atoms with E-state index in [0.717, 1.165) is 69.7 Å². The topological polar surface area (TPSA) is 59.5 Å². The quantitative estimate of drug-likeness (QED) is 0.862. The lowest BCUT2D eigenvalue weighted by atomic mass is 9.97. The van der Waals surface area contributed by atoms with E-state index in [1.807, 2.05) is 24.5 Å². The van der Waals surface area contributed by atoms with Crippen molar-refractivity contribution < 1.29 is 9.47 Å². The van der Waals surface area contributed by atoms with Crippen LogP contribution in [0.2, 0.25) is 0 Å². The molecule has 1 unspecified atom stereocenters. The zero-order valence-electron chi connectivity index (χ0n) is 14.8. The van der Waals surface area contributed by atoms with Crippen LogP contribution in [0.5, 0.6) is 5.75 Å². The molecule has 2 aliphatic heterocycles. The summed E-state index contributed by atoms with van der Waals surface area (Å²) in [6, 6.07) is 8.30.